The van der Waals surface area contributed by atoms with Crippen LogP contribution in [0.3, 0.4) is 0 Å². The van der Waals surface area contributed by atoms with Gasteiger partial charge in [-0.25, -0.2) is 4.68 Å². The van der Waals surface area contributed by atoms with Crippen LogP contribution in [0.4, 0.5) is 5.82 Å². The standard InChI is InChI=1S/C19H18BrN3O2/c1-24-14-6-4-13(5-7-14)23-19-15(9-10-21-19)18(22-23)16-11-12(20)3-8-17(16)25-2/h3-8,11,21H,9-10H2,1-2H3. The van der Waals surface area contributed by atoms with Gasteiger partial charge >= 0.3 is 0 Å². The highest BCUT2D eigenvalue weighted by molar-refractivity contribution is 9.10. The summed E-state index contributed by atoms with van der Waals surface area (Å²) in [4.78, 5) is 0. The summed E-state index contributed by atoms with van der Waals surface area (Å²) in [5, 5.41) is 8.34. The predicted molar refractivity (Wildman–Crippen MR) is 102 cm³/mol. The van der Waals surface area contributed by atoms with Crippen LogP contribution >= 0.6 is 15.9 Å². The monoisotopic (exact) mass is 399 g/mol. The molecule has 0 fully saturated rings. The van der Waals surface area contributed by atoms with Gasteiger partial charge < -0.3 is 14.8 Å². The number of fused-ring (bicyclic) bond motifs is 1. The van der Waals surface area contributed by atoms with Crippen LogP contribution in [0.15, 0.2) is 46.9 Å². The van der Waals surface area contributed by atoms with Crippen molar-refractivity contribution in [2.24, 2.45) is 0 Å². The second-order valence-electron chi connectivity index (χ2n) is 5.81. The Balaban J connectivity index is 1.87. The van der Waals surface area contributed by atoms with Gasteiger partial charge in [-0.15, -0.1) is 0 Å². The minimum absolute atomic E-state index is 0.817. The first kappa shape index (κ1) is 16.0. The zero-order valence-corrected chi connectivity index (χ0v) is 15.6. The molecule has 0 bridgehead atoms. The summed E-state index contributed by atoms with van der Waals surface area (Å²) in [5.74, 6) is 2.69. The van der Waals surface area contributed by atoms with Gasteiger partial charge in [0.25, 0.3) is 0 Å². The number of ether oxygens (including phenoxy) is 2. The summed E-state index contributed by atoms with van der Waals surface area (Å²) < 4.78 is 13.8. The van der Waals surface area contributed by atoms with E-state index in [-0.39, 0.29) is 0 Å². The highest BCUT2D eigenvalue weighted by Gasteiger charge is 2.25. The van der Waals surface area contributed by atoms with Crippen molar-refractivity contribution in [3.63, 3.8) is 0 Å². The van der Waals surface area contributed by atoms with Crippen LogP contribution in [0.1, 0.15) is 5.56 Å². The maximum atomic E-state index is 5.55. The lowest BCUT2D eigenvalue weighted by atomic mass is 10.1. The van der Waals surface area contributed by atoms with E-state index in [0.29, 0.717) is 0 Å². The van der Waals surface area contributed by atoms with Crippen molar-refractivity contribution in [2.75, 3.05) is 26.1 Å². The fourth-order valence-electron chi connectivity index (χ4n) is 3.17. The Labute approximate surface area is 154 Å². The summed E-state index contributed by atoms with van der Waals surface area (Å²) in [5.41, 5.74) is 4.15. The highest BCUT2D eigenvalue weighted by Crippen LogP contribution is 2.39. The van der Waals surface area contributed by atoms with E-state index >= 15 is 0 Å². The first-order valence-electron chi connectivity index (χ1n) is 8.05. The molecule has 5 nitrogen and oxygen atoms in total. The maximum Gasteiger partial charge on any atom is 0.133 e. The second kappa shape index (κ2) is 6.44. The highest BCUT2D eigenvalue weighted by atomic mass is 79.9. The number of nitrogens with one attached hydrogen (secondary N) is 1. The molecule has 1 aliphatic heterocycles. The average Bonchev–Trinajstić information content (AvgIpc) is 3.24. The molecule has 0 saturated heterocycles. The molecule has 2 heterocycles. The first-order valence-corrected chi connectivity index (χ1v) is 8.84. The number of methoxy groups -OCH3 is 2. The lowest BCUT2D eigenvalue weighted by Crippen LogP contribution is -2.04. The smallest absolute Gasteiger partial charge is 0.133 e. The molecule has 25 heavy (non-hydrogen) atoms. The van der Waals surface area contributed by atoms with Crippen LogP contribution in [0.2, 0.25) is 0 Å². The van der Waals surface area contributed by atoms with Crippen LogP contribution in [0.25, 0.3) is 16.9 Å². The number of aromatic nitrogens is 2. The van der Waals surface area contributed by atoms with Gasteiger partial charge in [0.2, 0.25) is 0 Å². The summed E-state index contributed by atoms with van der Waals surface area (Å²) >= 11 is 3.55. The molecule has 1 aliphatic rings. The number of halogens is 1. The summed E-state index contributed by atoms with van der Waals surface area (Å²) in [6.07, 6.45) is 0.941. The van der Waals surface area contributed by atoms with Crippen LogP contribution in [0, 0.1) is 0 Å². The van der Waals surface area contributed by atoms with Gasteiger partial charge in [0, 0.05) is 22.1 Å². The van der Waals surface area contributed by atoms with E-state index in [2.05, 4.69) is 27.3 Å². The molecule has 0 amide bonds. The predicted octanol–water partition coefficient (Wildman–Crippen LogP) is 4.29. The van der Waals surface area contributed by atoms with Gasteiger partial charge in [0.05, 0.1) is 19.9 Å². The van der Waals surface area contributed by atoms with Gasteiger partial charge in [-0.1, -0.05) is 15.9 Å². The third kappa shape index (κ3) is 2.76. The molecule has 1 N–H and O–H groups in total. The Morgan fingerprint density at radius 1 is 1.08 bits per heavy atom. The third-order valence-corrected chi connectivity index (χ3v) is 4.88. The van der Waals surface area contributed by atoms with E-state index in [1.165, 1.54) is 5.56 Å². The number of hydrogen-bond acceptors (Lipinski definition) is 4. The molecular weight excluding hydrogens is 382 g/mol. The van der Waals surface area contributed by atoms with E-state index in [9.17, 15) is 0 Å². The number of nitrogens with zero attached hydrogens (tertiary/aromatic N) is 2. The van der Waals surface area contributed by atoms with Crippen LogP contribution < -0.4 is 14.8 Å². The lowest BCUT2D eigenvalue weighted by molar-refractivity contribution is 0.414. The maximum absolute atomic E-state index is 5.55. The number of anilines is 1. The largest absolute Gasteiger partial charge is 0.497 e. The minimum Gasteiger partial charge on any atom is -0.497 e. The van der Waals surface area contributed by atoms with Crippen molar-refractivity contribution < 1.29 is 9.47 Å². The zero-order valence-electron chi connectivity index (χ0n) is 14.0. The van der Waals surface area contributed by atoms with Gasteiger partial charge in [-0.3, -0.25) is 0 Å². The molecule has 0 radical (unpaired) electrons. The molecule has 3 aromatic rings. The Morgan fingerprint density at radius 2 is 1.88 bits per heavy atom. The molecule has 0 atom stereocenters. The van der Waals surface area contributed by atoms with Crippen LogP contribution in [0.5, 0.6) is 11.5 Å². The SMILES string of the molecule is COc1ccc(-n2nc(-c3cc(Br)ccc3OC)c3c2NCC3)cc1. The van der Waals surface area contributed by atoms with Gasteiger partial charge in [-0.2, -0.15) is 5.10 Å². The number of rotatable bonds is 4. The molecule has 0 saturated carbocycles. The minimum atomic E-state index is 0.817. The topological polar surface area (TPSA) is 48.3 Å². The van der Waals surface area contributed by atoms with E-state index in [1.807, 2.05) is 41.1 Å². The molecule has 0 aliphatic carbocycles. The number of benzene rings is 2. The van der Waals surface area contributed by atoms with Gasteiger partial charge in [-0.05, 0) is 48.9 Å². The molecule has 2 aromatic carbocycles. The summed E-state index contributed by atoms with van der Waals surface area (Å²) in [6.45, 7) is 0.909. The molecule has 1 aromatic heterocycles. The van der Waals surface area contributed by atoms with Crippen molar-refractivity contribution in [3.05, 3.63) is 52.5 Å². The molecule has 128 valence electrons. The molecule has 6 heteroatoms. The Morgan fingerprint density at radius 3 is 2.60 bits per heavy atom. The van der Waals surface area contributed by atoms with Crippen LogP contribution in [-0.2, 0) is 6.42 Å². The Hall–Kier alpha value is -2.47. The van der Waals surface area contributed by atoms with E-state index in [0.717, 1.165) is 51.7 Å². The average molecular weight is 400 g/mol. The van der Waals surface area contributed by atoms with Gasteiger partial charge in [0.1, 0.15) is 23.0 Å². The molecule has 4 rings (SSSR count). The quantitative estimate of drug-likeness (QED) is 0.710. The zero-order chi connectivity index (χ0) is 17.4. The number of hydrogen-bond donors (Lipinski definition) is 1. The molecular formula is C19H18BrN3O2. The molecule has 0 unspecified atom stereocenters. The van der Waals surface area contributed by atoms with Crippen molar-refractivity contribution in [1.82, 2.24) is 9.78 Å². The van der Waals surface area contributed by atoms with Crippen molar-refractivity contribution in [3.8, 4) is 28.4 Å². The van der Waals surface area contributed by atoms with Gasteiger partial charge in [0.15, 0.2) is 0 Å². The van der Waals surface area contributed by atoms with E-state index in [1.54, 1.807) is 14.2 Å². The fraction of sp³-hybridized carbons (Fsp3) is 0.211. The van der Waals surface area contributed by atoms with Crippen molar-refractivity contribution >= 4 is 21.7 Å². The summed E-state index contributed by atoms with van der Waals surface area (Å²) in [6, 6.07) is 13.9. The van der Waals surface area contributed by atoms with Crippen molar-refractivity contribution in [1.29, 1.82) is 0 Å². The second-order valence-corrected chi connectivity index (χ2v) is 6.72. The lowest BCUT2D eigenvalue weighted by Gasteiger charge is -2.09. The third-order valence-electron chi connectivity index (χ3n) is 4.38. The Bertz CT molecular complexity index is 919. The summed E-state index contributed by atoms with van der Waals surface area (Å²) in [7, 11) is 3.35. The van der Waals surface area contributed by atoms with Crippen LogP contribution in [-0.4, -0.2) is 30.5 Å². The van der Waals surface area contributed by atoms with Crippen molar-refractivity contribution in [2.45, 2.75) is 6.42 Å². The molecule has 0 spiro atoms. The Kier molecular flexibility index (Phi) is 4.13. The first-order chi connectivity index (χ1) is 12.2. The van der Waals surface area contributed by atoms with E-state index < -0.39 is 0 Å². The van der Waals surface area contributed by atoms with E-state index in [4.69, 9.17) is 14.6 Å². The normalized spacial score (nSPS) is 12.6. The fourth-order valence-corrected chi connectivity index (χ4v) is 3.53.